The molecule has 0 aromatic heterocycles. The maximum atomic E-state index is 12.8. The Kier molecular flexibility index (Phi) is 6.67. The van der Waals surface area contributed by atoms with Crippen LogP contribution >= 0.6 is 23.4 Å². The highest BCUT2D eigenvalue weighted by Crippen LogP contribution is 2.40. The summed E-state index contributed by atoms with van der Waals surface area (Å²) in [4.78, 5) is 18.7. The number of fused-ring (bicyclic) bond motifs is 1. The van der Waals surface area contributed by atoms with Crippen LogP contribution in [0.15, 0.2) is 82.7 Å². The van der Waals surface area contributed by atoms with E-state index >= 15 is 0 Å². The molecule has 5 rings (SSSR count). The topological polar surface area (TPSA) is 75.0 Å². The number of amides is 1. The molecule has 0 spiro atoms. The van der Waals surface area contributed by atoms with E-state index in [4.69, 9.17) is 26.5 Å². The van der Waals surface area contributed by atoms with Crippen LogP contribution in [0.5, 0.6) is 11.5 Å². The minimum atomic E-state index is -0.476. The van der Waals surface area contributed by atoms with Crippen molar-refractivity contribution in [2.75, 3.05) is 7.11 Å². The van der Waals surface area contributed by atoms with Gasteiger partial charge in [0, 0.05) is 5.41 Å². The predicted molar refractivity (Wildman–Crippen MR) is 146 cm³/mol. The first-order valence-corrected chi connectivity index (χ1v) is 12.4. The molecule has 180 valence electrons. The maximum Gasteiger partial charge on any atom is 0.283 e. The normalized spacial score (nSPS) is 16.1. The van der Waals surface area contributed by atoms with Gasteiger partial charge in [0.25, 0.3) is 5.91 Å². The summed E-state index contributed by atoms with van der Waals surface area (Å²) in [6.07, 6.45) is 1.61. The average molecular weight is 516 g/mol. The van der Waals surface area contributed by atoms with E-state index in [1.165, 1.54) is 18.9 Å². The first-order chi connectivity index (χ1) is 17.5. The zero-order chi connectivity index (χ0) is 25.2. The van der Waals surface area contributed by atoms with Gasteiger partial charge in [0.05, 0.1) is 23.4 Å². The Morgan fingerprint density at radius 1 is 1.11 bits per heavy atom. The minimum absolute atomic E-state index is 0.0556. The molecular weight excluding hydrogens is 494 g/mol. The molecule has 0 atom stereocenters. The van der Waals surface area contributed by atoms with Crippen molar-refractivity contribution in [3.63, 3.8) is 0 Å². The lowest BCUT2D eigenvalue weighted by Gasteiger charge is -2.27. The highest BCUT2D eigenvalue weighted by atomic mass is 35.5. The van der Waals surface area contributed by atoms with Crippen molar-refractivity contribution in [2.45, 2.75) is 13.5 Å². The van der Waals surface area contributed by atoms with E-state index in [0.717, 1.165) is 22.4 Å². The number of amidine groups is 2. The lowest BCUT2D eigenvalue weighted by Crippen LogP contribution is -2.38. The van der Waals surface area contributed by atoms with E-state index in [1.54, 1.807) is 23.1 Å². The van der Waals surface area contributed by atoms with Crippen LogP contribution in [0.1, 0.15) is 22.3 Å². The number of nitrogens with zero attached hydrogens (tertiary/aromatic N) is 2. The fraction of sp³-hybridized carbons (Fsp3) is 0.107. The van der Waals surface area contributed by atoms with Gasteiger partial charge >= 0.3 is 0 Å². The molecule has 8 heteroatoms. The van der Waals surface area contributed by atoms with Gasteiger partial charge in [-0.05, 0) is 47.4 Å². The van der Waals surface area contributed by atoms with E-state index in [-0.39, 0.29) is 11.4 Å². The summed E-state index contributed by atoms with van der Waals surface area (Å²) in [5, 5.41) is 11.5. The molecule has 36 heavy (non-hydrogen) atoms. The van der Waals surface area contributed by atoms with Crippen molar-refractivity contribution < 1.29 is 14.3 Å². The van der Waals surface area contributed by atoms with Crippen molar-refractivity contribution in [1.29, 1.82) is 5.41 Å². The van der Waals surface area contributed by atoms with Gasteiger partial charge in [-0.2, -0.15) is 4.99 Å². The molecule has 0 bridgehead atoms. The van der Waals surface area contributed by atoms with Crippen LogP contribution in [0, 0.1) is 12.3 Å². The third-order valence-electron chi connectivity index (χ3n) is 5.88. The lowest BCUT2D eigenvalue weighted by molar-refractivity contribution is -0.114. The number of halogens is 1. The van der Waals surface area contributed by atoms with E-state index in [1.807, 2.05) is 66.9 Å². The number of hydrogen-bond acceptors (Lipinski definition) is 5. The zero-order valence-electron chi connectivity index (χ0n) is 19.6. The Morgan fingerprint density at radius 3 is 2.61 bits per heavy atom. The van der Waals surface area contributed by atoms with Gasteiger partial charge in [-0.3, -0.25) is 15.1 Å². The van der Waals surface area contributed by atoms with Crippen molar-refractivity contribution >= 4 is 52.0 Å². The Balaban J connectivity index is 1.45. The number of carbonyl (C=O) groups is 1. The van der Waals surface area contributed by atoms with Crippen LogP contribution < -0.4 is 9.47 Å². The number of aryl methyl sites for hydroxylation is 1. The van der Waals surface area contributed by atoms with Gasteiger partial charge in [-0.15, -0.1) is 0 Å². The molecule has 0 radical (unpaired) electrons. The number of methoxy groups -OCH3 is 1. The Bertz CT molecular complexity index is 1460. The van der Waals surface area contributed by atoms with Gasteiger partial charge in [0.15, 0.2) is 16.7 Å². The fourth-order valence-electron chi connectivity index (χ4n) is 3.97. The molecule has 0 saturated heterocycles. The average Bonchev–Trinajstić information content (AvgIpc) is 3.31. The zero-order valence-corrected chi connectivity index (χ0v) is 21.2. The van der Waals surface area contributed by atoms with Crippen LogP contribution in [0.3, 0.4) is 0 Å². The molecule has 0 aliphatic carbocycles. The number of nitrogens with one attached hydrogen (secondary N) is 1. The van der Waals surface area contributed by atoms with Crippen molar-refractivity contribution in [3.05, 3.63) is 105 Å². The smallest absolute Gasteiger partial charge is 0.283 e. The van der Waals surface area contributed by atoms with Crippen LogP contribution in [-0.4, -0.2) is 28.9 Å². The molecule has 1 N–H and O–H groups in total. The summed E-state index contributed by atoms with van der Waals surface area (Å²) >= 11 is 7.91. The molecule has 2 aliphatic rings. The summed E-state index contributed by atoms with van der Waals surface area (Å²) in [7, 11) is 1.53. The van der Waals surface area contributed by atoms with Crippen molar-refractivity contribution in [1.82, 2.24) is 4.90 Å². The molecule has 2 heterocycles. The first kappa shape index (κ1) is 23.9. The number of thioether (sulfide) groups is 1. The lowest BCUT2D eigenvalue weighted by atomic mass is 10.1. The van der Waals surface area contributed by atoms with Gasteiger partial charge < -0.3 is 9.47 Å². The largest absolute Gasteiger partial charge is 0.493 e. The molecule has 2 aliphatic heterocycles. The number of hydrogen-bond donors (Lipinski definition) is 1. The summed E-state index contributed by atoms with van der Waals surface area (Å²) in [5.74, 6) is 0.431. The summed E-state index contributed by atoms with van der Waals surface area (Å²) in [6, 6.07) is 21.1. The quantitative estimate of drug-likeness (QED) is 0.377. The molecule has 1 amide bonds. The second-order valence-electron chi connectivity index (χ2n) is 8.18. The Morgan fingerprint density at radius 2 is 1.86 bits per heavy atom. The van der Waals surface area contributed by atoms with Gasteiger partial charge in [-0.1, -0.05) is 78.0 Å². The first-order valence-electron chi connectivity index (χ1n) is 11.2. The van der Waals surface area contributed by atoms with Gasteiger partial charge in [0.1, 0.15) is 12.4 Å². The molecule has 6 nitrogen and oxygen atoms in total. The van der Waals surface area contributed by atoms with Gasteiger partial charge in [-0.25, -0.2) is 0 Å². The van der Waals surface area contributed by atoms with Crippen molar-refractivity contribution in [2.24, 2.45) is 4.99 Å². The van der Waals surface area contributed by atoms with E-state index in [2.05, 4.69) is 4.99 Å². The van der Waals surface area contributed by atoms with E-state index < -0.39 is 5.91 Å². The fourth-order valence-corrected chi connectivity index (χ4v) is 5.13. The monoisotopic (exact) mass is 515 g/mol. The van der Waals surface area contributed by atoms with E-state index in [0.29, 0.717) is 33.9 Å². The molecule has 3 aromatic carbocycles. The Hall–Kier alpha value is -3.81. The number of aliphatic imine (C=N–C) groups is 1. The number of carbonyl (C=O) groups excluding carboxylic acids is 1. The summed E-state index contributed by atoms with van der Waals surface area (Å²) in [6.45, 7) is 2.36. The second kappa shape index (κ2) is 10.0. The third-order valence-corrected chi connectivity index (χ3v) is 6.99. The summed E-state index contributed by atoms with van der Waals surface area (Å²) in [5.41, 5.74) is 4.67. The molecule has 0 saturated carbocycles. The van der Waals surface area contributed by atoms with E-state index in [9.17, 15) is 4.79 Å². The number of ether oxygens (including phenoxy) is 2. The van der Waals surface area contributed by atoms with Gasteiger partial charge in [0.2, 0.25) is 0 Å². The molecule has 3 aromatic rings. The molecule has 0 unspecified atom stereocenters. The van der Waals surface area contributed by atoms with Crippen molar-refractivity contribution in [3.8, 4) is 11.5 Å². The van der Waals surface area contributed by atoms with Crippen LogP contribution in [0.2, 0.25) is 5.02 Å². The SMILES string of the molecule is COc1cc(/C=C2/C(=N)N3C(c4ccccc4)=CSC3=NC2=O)cc(Cl)c1OCc1ccccc1C. The van der Waals surface area contributed by atoms with Crippen LogP contribution in [0.25, 0.3) is 11.8 Å². The highest BCUT2D eigenvalue weighted by Gasteiger charge is 2.36. The second-order valence-corrected chi connectivity index (χ2v) is 9.42. The molecule has 0 fully saturated rings. The minimum Gasteiger partial charge on any atom is -0.493 e. The maximum absolute atomic E-state index is 12.8. The highest BCUT2D eigenvalue weighted by molar-refractivity contribution is 8.17. The standard InChI is InChI=1S/C28H22ClN3O3S/c1-17-8-6-7-11-20(17)15-35-25-22(29)13-18(14-24(25)34-2)12-21-26(30)32-23(19-9-4-3-5-10-19)16-36-28(32)31-27(21)33/h3-14,16,30H,15H2,1-2H3/b21-12-,30-26?. The summed E-state index contributed by atoms with van der Waals surface area (Å²) < 4.78 is 11.6. The number of rotatable bonds is 6. The number of benzene rings is 3. The molecular formula is C28H22ClN3O3S. The Labute approximate surface area is 218 Å². The third kappa shape index (κ3) is 4.55. The predicted octanol–water partition coefficient (Wildman–Crippen LogP) is 6.54. The van der Waals surface area contributed by atoms with Crippen LogP contribution in [0.4, 0.5) is 0 Å². The van der Waals surface area contributed by atoms with Crippen LogP contribution in [-0.2, 0) is 11.4 Å².